The van der Waals surface area contributed by atoms with Crippen molar-refractivity contribution in [1.29, 1.82) is 0 Å². The maximum absolute atomic E-state index is 6.29. The van der Waals surface area contributed by atoms with Crippen LogP contribution in [0.25, 0.3) is 53.2 Å². The molecule has 0 saturated carbocycles. The van der Waals surface area contributed by atoms with Gasteiger partial charge in [0.1, 0.15) is 11.2 Å². The summed E-state index contributed by atoms with van der Waals surface area (Å²) in [6, 6.07) is 64.2. The molecule has 1 aliphatic heterocycles. The van der Waals surface area contributed by atoms with Crippen molar-refractivity contribution in [2.75, 3.05) is 22.3 Å². The zero-order chi connectivity index (χ0) is 37.5. The third-order valence-corrected chi connectivity index (χ3v) is 15.5. The van der Waals surface area contributed by atoms with Gasteiger partial charge in [-0.1, -0.05) is 72.8 Å². The van der Waals surface area contributed by atoms with Gasteiger partial charge in [-0.3, -0.25) is 0 Å². The lowest BCUT2D eigenvalue weighted by molar-refractivity contribution is 0.669. The quantitative estimate of drug-likeness (QED) is 0.168. The van der Waals surface area contributed by atoms with Crippen LogP contribution in [0.1, 0.15) is 5.56 Å². The van der Waals surface area contributed by atoms with Crippen molar-refractivity contribution in [3.63, 3.8) is 0 Å². The molecule has 0 saturated heterocycles. The van der Waals surface area contributed by atoms with E-state index in [1.165, 1.54) is 52.3 Å². The Morgan fingerprint density at radius 1 is 0.429 bits per heavy atom. The van der Waals surface area contributed by atoms with Crippen LogP contribution >= 0.6 is 21.4 Å². The Bertz CT molecular complexity index is 3100. The van der Waals surface area contributed by atoms with Gasteiger partial charge in [-0.2, -0.15) is 10.0 Å². The topological polar surface area (TPSA) is 19.6 Å². The third kappa shape index (κ3) is 5.12. The molecule has 0 amide bonds. The number of anilines is 6. The van der Waals surface area contributed by atoms with Gasteiger partial charge in [0.25, 0.3) is 0 Å². The number of aryl methyl sites for hydroxylation is 1. The highest BCUT2D eigenvalue weighted by Crippen LogP contribution is 2.68. The number of para-hydroxylation sites is 3. The Morgan fingerprint density at radius 2 is 1.04 bits per heavy atom. The Kier molecular flexibility index (Phi) is 7.47. The van der Waals surface area contributed by atoms with Gasteiger partial charge in [0, 0.05) is 74.9 Å². The van der Waals surface area contributed by atoms with Crippen LogP contribution in [0.5, 0.6) is 0 Å². The molecule has 3 nitrogen and oxygen atoms in total. The second-order valence-corrected chi connectivity index (χ2v) is 19.7. The van der Waals surface area contributed by atoms with Gasteiger partial charge in [0.05, 0.1) is 0 Å². The van der Waals surface area contributed by atoms with E-state index in [0.717, 1.165) is 50.4 Å². The van der Waals surface area contributed by atoms with Crippen molar-refractivity contribution in [2.45, 2.75) is 16.7 Å². The Morgan fingerprint density at radius 3 is 1.82 bits per heavy atom. The molecule has 0 aliphatic carbocycles. The number of thiophene rings is 1. The molecule has 0 bridgehead atoms. The van der Waals surface area contributed by atoms with Crippen LogP contribution in [0, 0.1) is 6.92 Å². The van der Waals surface area contributed by atoms with Gasteiger partial charge in [-0.15, -0.1) is 11.3 Å². The summed E-state index contributed by atoms with van der Waals surface area (Å²) in [6.07, 6.45) is 4.90. The molecule has 0 spiro atoms. The number of benzene rings is 8. The molecule has 0 radical (unpaired) electrons. The van der Waals surface area contributed by atoms with E-state index in [1.807, 2.05) is 17.4 Å². The van der Waals surface area contributed by atoms with Crippen molar-refractivity contribution >= 4 is 97.6 Å². The number of nitrogens with zero attached hydrogens (tertiary/aromatic N) is 2. The summed E-state index contributed by atoms with van der Waals surface area (Å²) < 4.78 is 8.92. The van der Waals surface area contributed by atoms with Crippen molar-refractivity contribution in [3.05, 3.63) is 181 Å². The summed E-state index contributed by atoms with van der Waals surface area (Å²) in [5.41, 5.74) is 12.6. The Labute approximate surface area is 332 Å². The Hall–Kier alpha value is -6.27. The second-order valence-electron chi connectivity index (χ2n) is 15.0. The summed E-state index contributed by atoms with van der Waals surface area (Å²) in [5.74, 6) is 0. The highest BCUT2D eigenvalue weighted by molar-refractivity contribution is 8.33. The van der Waals surface area contributed by atoms with Gasteiger partial charge in [-0.25, -0.2) is 0 Å². The standard InChI is InChI=1S/C51H38N2OS2/c1-33-13-12-20-48-51(33)44-31-37(23-27-47(44)55-48)53(36-22-26-46-42(29-36)40-18-10-11-19-45(40)54-46)38-24-28-49-43(30-38)41-25-21-39(32-50(41)56(49,2)3)52(34-14-6-4-7-15-34)35-16-8-5-9-17-35/h4-32H,1-3H3. The molecule has 5 heteroatoms. The van der Waals surface area contributed by atoms with E-state index < -0.39 is 10.0 Å². The van der Waals surface area contributed by atoms with Crippen LogP contribution in [-0.4, -0.2) is 12.5 Å². The summed E-state index contributed by atoms with van der Waals surface area (Å²) in [6.45, 7) is 2.23. The van der Waals surface area contributed by atoms with Gasteiger partial charge >= 0.3 is 0 Å². The number of fused-ring (bicyclic) bond motifs is 9. The molecule has 3 heterocycles. The summed E-state index contributed by atoms with van der Waals surface area (Å²) >= 11 is 1.87. The van der Waals surface area contributed by atoms with E-state index in [4.69, 9.17) is 4.42 Å². The predicted octanol–water partition coefficient (Wildman–Crippen LogP) is 15.7. The van der Waals surface area contributed by atoms with Crippen LogP contribution in [-0.2, 0) is 0 Å². The van der Waals surface area contributed by atoms with Crippen molar-refractivity contribution < 1.29 is 4.42 Å². The molecule has 0 fully saturated rings. The SMILES string of the molecule is Cc1cccc2sc3ccc(N(c4ccc5c(c4)-c4ccc(N(c6ccccc6)c6ccccc6)cc4S5(C)C)c4ccc5oc6ccccc6c5c4)cc3c12. The molecule has 11 rings (SSSR count). The van der Waals surface area contributed by atoms with Crippen LogP contribution < -0.4 is 9.80 Å². The monoisotopic (exact) mass is 758 g/mol. The molecular weight excluding hydrogens is 721 g/mol. The van der Waals surface area contributed by atoms with Gasteiger partial charge in [-0.05, 0) is 139 Å². The highest BCUT2D eigenvalue weighted by Gasteiger charge is 2.33. The minimum atomic E-state index is -1.31. The van der Waals surface area contributed by atoms with E-state index in [0.29, 0.717) is 0 Å². The molecule has 2 aromatic heterocycles. The molecular formula is C51H38N2OS2. The van der Waals surface area contributed by atoms with Crippen molar-refractivity contribution in [3.8, 4) is 11.1 Å². The van der Waals surface area contributed by atoms with E-state index >= 15 is 0 Å². The lowest BCUT2D eigenvalue weighted by atomic mass is 10.0. The zero-order valence-corrected chi connectivity index (χ0v) is 33.0. The number of hydrogen-bond acceptors (Lipinski definition) is 4. The van der Waals surface area contributed by atoms with Gasteiger partial charge < -0.3 is 14.2 Å². The van der Waals surface area contributed by atoms with E-state index in [1.54, 1.807) is 0 Å². The van der Waals surface area contributed by atoms with Crippen LogP contribution in [0.15, 0.2) is 190 Å². The molecule has 0 atom stereocenters. The lowest BCUT2D eigenvalue weighted by Crippen LogP contribution is -2.10. The molecule has 8 aromatic carbocycles. The maximum Gasteiger partial charge on any atom is 0.135 e. The minimum Gasteiger partial charge on any atom is -0.456 e. The number of hydrogen-bond donors (Lipinski definition) is 0. The fraction of sp³-hybridized carbons (Fsp3) is 0.0588. The Balaban J connectivity index is 1.09. The smallest absolute Gasteiger partial charge is 0.135 e. The highest BCUT2D eigenvalue weighted by atomic mass is 32.3. The summed E-state index contributed by atoms with van der Waals surface area (Å²) in [5, 5.41) is 4.89. The van der Waals surface area contributed by atoms with E-state index in [-0.39, 0.29) is 0 Å². The first kappa shape index (κ1) is 33.1. The largest absolute Gasteiger partial charge is 0.456 e. The molecule has 0 N–H and O–H groups in total. The van der Waals surface area contributed by atoms with Crippen molar-refractivity contribution in [1.82, 2.24) is 0 Å². The molecule has 270 valence electrons. The molecule has 10 aromatic rings. The summed E-state index contributed by atoms with van der Waals surface area (Å²) in [4.78, 5) is 7.64. The van der Waals surface area contributed by atoms with Crippen LogP contribution in [0.2, 0.25) is 0 Å². The molecule has 1 aliphatic rings. The number of rotatable bonds is 6. The maximum atomic E-state index is 6.29. The first-order valence-electron chi connectivity index (χ1n) is 19.0. The summed E-state index contributed by atoms with van der Waals surface area (Å²) in [7, 11) is -1.31. The van der Waals surface area contributed by atoms with E-state index in [2.05, 4.69) is 199 Å². The lowest BCUT2D eigenvalue weighted by Gasteiger charge is -2.31. The predicted molar refractivity (Wildman–Crippen MR) is 242 cm³/mol. The third-order valence-electron chi connectivity index (χ3n) is 11.4. The van der Waals surface area contributed by atoms with Crippen molar-refractivity contribution in [2.24, 2.45) is 0 Å². The van der Waals surface area contributed by atoms with Crippen LogP contribution in [0.3, 0.4) is 0 Å². The van der Waals surface area contributed by atoms with E-state index in [9.17, 15) is 0 Å². The van der Waals surface area contributed by atoms with Gasteiger partial charge in [0.2, 0.25) is 0 Å². The normalized spacial score (nSPS) is 13.6. The average molecular weight is 759 g/mol. The molecule has 0 unspecified atom stereocenters. The fourth-order valence-corrected chi connectivity index (χ4v) is 12.4. The fourth-order valence-electron chi connectivity index (χ4n) is 8.76. The number of furan rings is 1. The molecule has 56 heavy (non-hydrogen) atoms. The second kappa shape index (κ2) is 12.6. The average Bonchev–Trinajstić information content (AvgIpc) is 3.87. The van der Waals surface area contributed by atoms with Crippen LogP contribution in [0.4, 0.5) is 34.1 Å². The minimum absolute atomic E-state index is 0.897. The first-order chi connectivity index (χ1) is 27.4. The van der Waals surface area contributed by atoms with Gasteiger partial charge in [0.15, 0.2) is 0 Å². The zero-order valence-electron chi connectivity index (χ0n) is 31.4. The first-order valence-corrected chi connectivity index (χ1v) is 22.2.